The van der Waals surface area contributed by atoms with Crippen LogP contribution in [0.15, 0.2) is 0 Å². The number of hydrogen-bond acceptors (Lipinski definition) is 2. The van der Waals surface area contributed by atoms with Crippen LogP contribution < -0.4 is 0 Å². The summed E-state index contributed by atoms with van der Waals surface area (Å²) in [5, 5.41) is 9.49. The molecule has 2 heteroatoms. The molecule has 0 saturated carbocycles. The van der Waals surface area contributed by atoms with Crippen molar-refractivity contribution in [3.8, 4) is 0 Å². The van der Waals surface area contributed by atoms with Crippen LogP contribution in [0.1, 0.15) is 40.0 Å². The minimum Gasteiger partial charge on any atom is -0.391 e. The van der Waals surface area contributed by atoms with Crippen LogP contribution in [0.5, 0.6) is 0 Å². The zero-order chi connectivity index (χ0) is 9.40. The summed E-state index contributed by atoms with van der Waals surface area (Å²) in [5.74, 6) is 0.653. The Bertz CT molecular complexity index is 89.8. The molecule has 0 saturated heterocycles. The van der Waals surface area contributed by atoms with Crippen molar-refractivity contribution in [1.29, 1.82) is 0 Å². The Hall–Kier alpha value is -0.0800. The first-order chi connectivity index (χ1) is 5.74. The van der Waals surface area contributed by atoms with Gasteiger partial charge in [0.15, 0.2) is 0 Å². The van der Waals surface area contributed by atoms with Gasteiger partial charge in [-0.15, -0.1) is 0 Å². The van der Waals surface area contributed by atoms with Gasteiger partial charge in [-0.1, -0.05) is 26.7 Å². The molecule has 0 aromatic rings. The van der Waals surface area contributed by atoms with Crippen molar-refractivity contribution in [1.82, 2.24) is 0 Å². The van der Waals surface area contributed by atoms with Crippen LogP contribution in [-0.4, -0.2) is 24.4 Å². The average molecular weight is 174 g/mol. The van der Waals surface area contributed by atoms with E-state index in [0.29, 0.717) is 19.1 Å². The van der Waals surface area contributed by atoms with Gasteiger partial charge in [-0.3, -0.25) is 0 Å². The topological polar surface area (TPSA) is 29.5 Å². The molecule has 0 aliphatic heterocycles. The molecule has 0 spiro atoms. The van der Waals surface area contributed by atoms with Crippen molar-refractivity contribution in [2.24, 2.45) is 5.92 Å². The third-order valence-electron chi connectivity index (χ3n) is 2.27. The van der Waals surface area contributed by atoms with Crippen LogP contribution in [0, 0.1) is 5.92 Å². The fourth-order valence-electron chi connectivity index (χ4n) is 1.33. The molecule has 1 unspecified atom stereocenters. The van der Waals surface area contributed by atoms with Crippen molar-refractivity contribution in [3.05, 3.63) is 0 Å². The number of rotatable bonds is 7. The maximum atomic E-state index is 9.49. The Labute approximate surface area is 75.9 Å². The van der Waals surface area contributed by atoms with Crippen LogP contribution in [0.4, 0.5) is 0 Å². The predicted molar refractivity (Wildman–Crippen MR) is 51.2 cm³/mol. The van der Waals surface area contributed by atoms with E-state index in [2.05, 4.69) is 13.8 Å². The van der Waals surface area contributed by atoms with Crippen LogP contribution in [0.25, 0.3) is 0 Å². The molecular weight excluding hydrogens is 152 g/mol. The van der Waals surface area contributed by atoms with Gasteiger partial charge in [-0.25, -0.2) is 0 Å². The molecule has 0 aliphatic rings. The van der Waals surface area contributed by atoms with Crippen LogP contribution in [-0.2, 0) is 4.74 Å². The monoisotopic (exact) mass is 174 g/mol. The predicted octanol–water partition coefficient (Wildman–Crippen LogP) is 2.21. The molecule has 74 valence electrons. The summed E-state index contributed by atoms with van der Waals surface area (Å²) in [4.78, 5) is 0. The second-order valence-corrected chi connectivity index (χ2v) is 3.23. The number of ether oxygens (including phenoxy) is 1. The van der Waals surface area contributed by atoms with Crippen LogP contribution >= 0.6 is 0 Å². The van der Waals surface area contributed by atoms with Gasteiger partial charge in [0.1, 0.15) is 0 Å². The standard InChI is InChI=1S/C10H22O2/c1-4-9(5-2)7-10(11)8-12-6-3/h9-11H,4-8H2,1-3H3. The molecule has 0 rings (SSSR count). The lowest BCUT2D eigenvalue weighted by Gasteiger charge is -2.16. The molecule has 0 aromatic carbocycles. The molecule has 2 nitrogen and oxygen atoms in total. The molecule has 12 heavy (non-hydrogen) atoms. The van der Waals surface area contributed by atoms with E-state index in [4.69, 9.17) is 4.74 Å². The largest absolute Gasteiger partial charge is 0.391 e. The highest BCUT2D eigenvalue weighted by molar-refractivity contribution is 4.62. The molecule has 1 N–H and O–H groups in total. The highest BCUT2D eigenvalue weighted by Gasteiger charge is 2.10. The van der Waals surface area contributed by atoms with Gasteiger partial charge in [0.05, 0.1) is 12.7 Å². The number of aliphatic hydroxyl groups is 1. The first kappa shape index (κ1) is 11.9. The summed E-state index contributed by atoms with van der Waals surface area (Å²) < 4.78 is 5.14. The lowest BCUT2D eigenvalue weighted by molar-refractivity contribution is 0.0284. The highest BCUT2D eigenvalue weighted by atomic mass is 16.5. The van der Waals surface area contributed by atoms with Crippen molar-refractivity contribution in [2.75, 3.05) is 13.2 Å². The summed E-state index contributed by atoms with van der Waals surface area (Å²) in [6.07, 6.45) is 2.92. The summed E-state index contributed by atoms with van der Waals surface area (Å²) in [7, 11) is 0. The van der Waals surface area contributed by atoms with Gasteiger partial charge in [0.2, 0.25) is 0 Å². The Kier molecular flexibility index (Phi) is 7.51. The second kappa shape index (κ2) is 7.56. The molecular formula is C10H22O2. The highest BCUT2D eigenvalue weighted by Crippen LogP contribution is 2.14. The summed E-state index contributed by atoms with van der Waals surface area (Å²) in [6, 6.07) is 0. The molecule has 0 aromatic heterocycles. The maximum absolute atomic E-state index is 9.49. The zero-order valence-electron chi connectivity index (χ0n) is 8.55. The number of aliphatic hydroxyl groups excluding tert-OH is 1. The first-order valence-electron chi connectivity index (χ1n) is 5.00. The van der Waals surface area contributed by atoms with Crippen LogP contribution in [0.3, 0.4) is 0 Å². The third-order valence-corrected chi connectivity index (χ3v) is 2.27. The lowest BCUT2D eigenvalue weighted by atomic mass is 9.96. The fourth-order valence-corrected chi connectivity index (χ4v) is 1.33. The van der Waals surface area contributed by atoms with E-state index in [-0.39, 0.29) is 6.10 Å². The smallest absolute Gasteiger partial charge is 0.0776 e. The van der Waals surface area contributed by atoms with Crippen LogP contribution in [0.2, 0.25) is 0 Å². The van der Waals surface area contributed by atoms with E-state index in [9.17, 15) is 5.11 Å². The van der Waals surface area contributed by atoms with Gasteiger partial charge in [0, 0.05) is 6.61 Å². The van der Waals surface area contributed by atoms with Gasteiger partial charge < -0.3 is 9.84 Å². The van der Waals surface area contributed by atoms with E-state index in [0.717, 1.165) is 19.3 Å². The van der Waals surface area contributed by atoms with Crippen molar-refractivity contribution < 1.29 is 9.84 Å². The molecule has 0 amide bonds. The Morgan fingerprint density at radius 3 is 2.17 bits per heavy atom. The zero-order valence-corrected chi connectivity index (χ0v) is 8.55. The lowest BCUT2D eigenvalue weighted by Crippen LogP contribution is -2.19. The van der Waals surface area contributed by atoms with Crippen molar-refractivity contribution in [2.45, 2.75) is 46.1 Å². The first-order valence-corrected chi connectivity index (χ1v) is 5.00. The minimum absolute atomic E-state index is 0.269. The molecule has 1 atom stereocenters. The summed E-state index contributed by atoms with van der Waals surface area (Å²) >= 11 is 0. The van der Waals surface area contributed by atoms with E-state index in [1.807, 2.05) is 6.92 Å². The molecule has 0 fully saturated rings. The van der Waals surface area contributed by atoms with E-state index >= 15 is 0 Å². The Morgan fingerprint density at radius 2 is 1.75 bits per heavy atom. The van der Waals surface area contributed by atoms with Gasteiger partial charge in [-0.05, 0) is 19.3 Å². The quantitative estimate of drug-likeness (QED) is 0.641. The Balaban J connectivity index is 3.44. The third kappa shape index (κ3) is 5.56. The molecule has 0 aliphatic carbocycles. The van der Waals surface area contributed by atoms with Crippen molar-refractivity contribution >= 4 is 0 Å². The van der Waals surface area contributed by atoms with Gasteiger partial charge in [0.25, 0.3) is 0 Å². The molecule has 0 heterocycles. The SMILES string of the molecule is CCOCC(O)CC(CC)CC. The Morgan fingerprint density at radius 1 is 1.17 bits per heavy atom. The minimum atomic E-state index is -0.269. The normalized spacial score (nSPS) is 13.8. The second-order valence-electron chi connectivity index (χ2n) is 3.23. The maximum Gasteiger partial charge on any atom is 0.0776 e. The molecule has 0 bridgehead atoms. The van der Waals surface area contributed by atoms with Gasteiger partial charge >= 0.3 is 0 Å². The average Bonchev–Trinajstić information content (AvgIpc) is 2.10. The van der Waals surface area contributed by atoms with E-state index < -0.39 is 0 Å². The van der Waals surface area contributed by atoms with E-state index in [1.54, 1.807) is 0 Å². The van der Waals surface area contributed by atoms with E-state index in [1.165, 1.54) is 0 Å². The number of hydrogen-bond donors (Lipinski definition) is 1. The summed E-state index contributed by atoms with van der Waals surface area (Å²) in [5.41, 5.74) is 0. The van der Waals surface area contributed by atoms with Gasteiger partial charge in [-0.2, -0.15) is 0 Å². The van der Waals surface area contributed by atoms with Crippen molar-refractivity contribution in [3.63, 3.8) is 0 Å². The fraction of sp³-hybridized carbons (Fsp3) is 1.00. The molecule has 0 radical (unpaired) electrons. The summed E-state index contributed by atoms with van der Waals surface area (Å²) in [6.45, 7) is 7.47.